The average Bonchev–Trinajstić information content (AvgIpc) is 3.10. The summed E-state index contributed by atoms with van der Waals surface area (Å²) in [6, 6.07) is 5.78. The number of methoxy groups -OCH3 is 2. The van der Waals surface area contributed by atoms with Gasteiger partial charge >= 0.3 is 0 Å². The van der Waals surface area contributed by atoms with Gasteiger partial charge in [-0.05, 0) is 31.0 Å². The van der Waals surface area contributed by atoms with E-state index in [1.807, 2.05) is 25.1 Å². The van der Waals surface area contributed by atoms with Gasteiger partial charge in [-0.1, -0.05) is 17.4 Å². The molecule has 2 heterocycles. The summed E-state index contributed by atoms with van der Waals surface area (Å²) in [6.45, 7) is 5.44. The molecule has 1 aliphatic rings. The first-order valence-corrected chi connectivity index (χ1v) is 9.73. The Bertz CT molecular complexity index is 787. The lowest BCUT2D eigenvalue weighted by Crippen LogP contribution is -2.36. The van der Waals surface area contributed by atoms with E-state index < -0.39 is 0 Å². The Hall–Kier alpha value is -2.32. The molecule has 0 unspecified atom stereocenters. The van der Waals surface area contributed by atoms with E-state index >= 15 is 0 Å². The molecular weight excluding hydrogens is 366 g/mol. The van der Waals surface area contributed by atoms with Gasteiger partial charge < -0.3 is 24.4 Å². The summed E-state index contributed by atoms with van der Waals surface area (Å²) in [6.07, 6.45) is 0.709. The first kappa shape index (κ1) is 19.4. The van der Waals surface area contributed by atoms with Crippen LogP contribution in [-0.4, -0.2) is 58.0 Å². The van der Waals surface area contributed by atoms with Crippen molar-refractivity contribution in [2.24, 2.45) is 0 Å². The van der Waals surface area contributed by atoms with E-state index in [4.69, 9.17) is 14.2 Å². The van der Waals surface area contributed by atoms with E-state index in [0.29, 0.717) is 42.6 Å². The fraction of sp³-hybridized carbons (Fsp3) is 0.474. The van der Waals surface area contributed by atoms with Gasteiger partial charge in [0.2, 0.25) is 0 Å². The first-order chi connectivity index (χ1) is 13.1. The zero-order valence-corrected chi connectivity index (χ0v) is 16.7. The molecule has 1 saturated heterocycles. The number of amides is 1. The maximum absolute atomic E-state index is 12.5. The van der Waals surface area contributed by atoms with Gasteiger partial charge in [-0.25, -0.2) is 4.98 Å². The molecule has 1 fully saturated rings. The molecule has 1 aliphatic heterocycles. The zero-order valence-electron chi connectivity index (χ0n) is 15.9. The van der Waals surface area contributed by atoms with Gasteiger partial charge in [-0.2, -0.15) is 0 Å². The lowest BCUT2D eigenvalue weighted by Gasteiger charge is -2.25. The van der Waals surface area contributed by atoms with Crippen LogP contribution in [0.3, 0.4) is 0 Å². The topological polar surface area (TPSA) is 72.9 Å². The molecule has 0 saturated carbocycles. The number of carbonyl (C=O) groups excluding carboxylic acids is 1. The number of aromatic nitrogens is 1. The molecule has 1 aromatic heterocycles. The van der Waals surface area contributed by atoms with E-state index in [9.17, 15) is 4.79 Å². The van der Waals surface area contributed by atoms with Crippen molar-refractivity contribution in [3.63, 3.8) is 0 Å². The van der Waals surface area contributed by atoms with Crippen molar-refractivity contribution in [2.75, 3.05) is 52.0 Å². The second kappa shape index (κ2) is 9.05. The molecule has 1 aromatic carbocycles. The predicted octanol–water partition coefficient (Wildman–Crippen LogP) is 2.28. The summed E-state index contributed by atoms with van der Waals surface area (Å²) in [7, 11) is 3.22. The van der Waals surface area contributed by atoms with E-state index in [1.165, 1.54) is 11.3 Å². The summed E-state index contributed by atoms with van der Waals surface area (Å²) >= 11 is 1.44. The van der Waals surface area contributed by atoms with Crippen LogP contribution in [0.15, 0.2) is 18.2 Å². The summed E-state index contributed by atoms with van der Waals surface area (Å²) in [5.41, 5.74) is 1.84. The lowest BCUT2D eigenvalue weighted by atomic mass is 10.1. The number of aryl methyl sites for hydroxylation is 1. The van der Waals surface area contributed by atoms with Gasteiger partial charge in [-0.15, -0.1) is 0 Å². The highest BCUT2D eigenvalue weighted by Gasteiger charge is 2.20. The third kappa shape index (κ3) is 4.70. The number of thiazole rings is 1. The minimum absolute atomic E-state index is 0.0787. The number of rotatable bonds is 7. The largest absolute Gasteiger partial charge is 0.493 e. The minimum Gasteiger partial charge on any atom is -0.493 e. The number of carbonyl (C=O) groups is 1. The molecule has 0 spiro atoms. The summed E-state index contributed by atoms with van der Waals surface area (Å²) < 4.78 is 15.9. The number of morpholine rings is 1. The fourth-order valence-corrected chi connectivity index (χ4v) is 3.95. The van der Waals surface area contributed by atoms with Crippen molar-refractivity contribution < 1.29 is 19.0 Å². The fourth-order valence-electron chi connectivity index (χ4n) is 2.92. The van der Waals surface area contributed by atoms with Crippen LogP contribution in [0.2, 0.25) is 0 Å². The van der Waals surface area contributed by atoms with Gasteiger partial charge in [-0.3, -0.25) is 4.79 Å². The average molecular weight is 391 g/mol. The Balaban J connectivity index is 1.57. The minimum atomic E-state index is -0.0787. The number of anilines is 1. The third-order valence-electron chi connectivity index (χ3n) is 4.42. The Morgan fingerprint density at radius 3 is 2.70 bits per heavy atom. The van der Waals surface area contributed by atoms with E-state index in [1.54, 1.807) is 14.2 Å². The summed E-state index contributed by atoms with van der Waals surface area (Å²) in [5.74, 6) is 1.31. The van der Waals surface area contributed by atoms with Gasteiger partial charge in [0, 0.05) is 19.6 Å². The molecule has 27 heavy (non-hydrogen) atoms. The van der Waals surface area contributed by atoms with Crippen molar-refractivity contribution in [3.8, 4) is 11.5 Å². The highest BCUT2D eigenvalue weighted by Crippen LogP contribution is 2.28. The third-order valence-corrected chi connectivity index (χ3v) is 5.64. The zero-order chi connectivity index (χ0) is 19.2. The Morgan fingerprint density at radius 1 is 1.26 bits per heavy atom. The van der Waals surface area contributed by atoms with Crippen LogP contribution < -0.4 is 19.7 Å². The van der Waals surface area contributed by atoms with Gasteiger partial charge in [0.15, 0.2) is 16.6 Å². The summed E-state index contributed by atoms with van der Waals surface area (Å²) in [5, 5.41) is 3.88. The predicted molar refractivity (Wildman–Crippen MR) is 105 cm³/mol. The van der Waals surface area contributed by atoms with E-state index in [-0.39, 0.29) is 5.91 Å². The number of hydrogen-bond acceptors (Lipinski definition) is 7. The van der Waals surface area contributed by atoms with Gasteiger partial charge in [0.1, 0.15) is 4.88 Å². The van der Waals surface area contributed by atoms with Crippen molar-refractivity contribution in [1.82, 2.24) is 10.3 Å². The summed E-state index contributed by atoms with van der Waals surface area (Å²) in [4.78, 5) is 19.9. The van der Waals surface area contributed by atoms with Crippen LogP contribution in [0.4, 0.5) is 5.13 Å². The molecule has 1 amide bonds. The Kier molecular flexibility index (Phi) is 6.52. The van der Waals surface area contributed by atoms with Crippen LogP contribution in [0, 0.1) is 6.92 Å². The van der Waals surface area contributed by atoms with Crippen LogP contribution in [-0.2, 0) is 11.2 Å². The molecule has 0 aliphatic carbocycles. The standard InChI is InChI=1S/C19H25N3O4S/c1-13-17(27-19(21-13)22-8-10-26-11-9-22)18(23)20-7-6-14-4-5-15(24-2)16(12-14)25-3/h4-5,12H,6-11H2,1-3H3,(H,20,23). The maximum atomic E-state index is 12.5. The van der Waals surface area contributed by atoms with Crippen LogP contribution in [0.5, 0.6) is 11.5 Å². The van der Waals surface area contributed by atoms with Crippen LogP contribution in [0.1, 0.15) is 20.9 Å². The smallest absolute Gasteiger partial charge is 0.263 e. The number of benzene rings is 1. The number of nitrogens with zero attached hydrogens (tertiary/aromatic N) is 2. The molecule has 0 bridgehead atoms. The highest BCUT2D eigenvalue weighted by atomic mass is 32.1. The quantitative estimate of drug-likeness (QED) is 0.781. The van der Waals surface area contributed by atoms with Gasteiger partial charge in [0.05, 0.1) is 33.1 Å². The number of ether oxygens (including phenoxy) is 3. The van der Waals surface area contributed by atoms with Crippen LogP contribution in [0.25, 0.3) is 0 Å². The number of hydrogen-bond donors (Lipinski definition) is 1. The number of nitrogens with one attached hydrogen (secondary N) is 1. The first-order valence-electron chi connectivity index (χ1n) is 8.91. The normalized spacial score (nSPS) is 14.1. The molecule has 2 aromatic rings. The van der Waals surface area contributed by atoms with E-state index in [2.05, 4.69) is 15.2 Å². The monoisotopic (exact) mass is 391 g/mol. The Labute approximate surface area is 163 Å². The molecule has 1 N–H and O–H groups in total. The molecular formula is C19H25N3O4S. The van der Waals surface area contributed by atoms with Crippen molar-refractivity contribution in [3.05, 3.63) is 34.3 Å². The second-order valence-electron chi connectivity index (χ2n) is 6.21. The van der Waals surface area contributed by atoms with E-state index in [0.717, 1.165) is 29.5 Å². The lowest BCUT2D eigenvalue weighted by molar-refractivity contribution is 0.0957. The van der Waals surface area contributed by atoms with Crippen molar-refractivity contribution >= 4 is 22.4 Å². The van der Waals surface area contributed by atoms with Gasteiger partial charge in [0.25, 0.3) is 5.91 Å². The molecule has 8 heteroatoms. The SMILES string of the molecule is COc1ccc(CCNC(=O)c2sc(N3CCOCC3)nc2C)cc1OC. The van der Waals surface area contributed by atoms with Crippen molar-refractivity contribution in [2.45, 2.75) is 13.3 Å². The molecule has 3 rings (SSSR count). The van der Waals surface area contributed by atoms with Crippen molar-refractivity contribution in [1.29, 1.82) is 0 Å². The molecule has 0 atom stereocenters. The second-order valence-corrected chi connectivity index (χ2v) is 7.18. The van der Waals surface area contributed by atoms with Crippen LogP contribution >= 0.6 is 11.3 Å². The molecule has 0 radical (unpaired) electrons. The highest BCUT2D eigenvalue weighted by molar-refractivity contribution is 7.17. The Morgan fingerprint density at radius 2 is 2.00 bits per heavy atom. The molecule has 146 valence electrons. The molecule has 7 nitrogen and oxygen atoms in total. The maximum Gasteiger partial charge on any atom is 0.263 e.